The summed E-state index contributed by atoms with van der Waals surface area (Å²) in [6.45, 7) is 0. The molecule has 0 aliphatic heterocycles. The van der Waals surface area contributed by atoms with E-state index in [4.69, 9.17) is 9.98 Å². The molecule has 0 aromatic heterocycles. The van der Waals surface area contributed by atoms with Crippen molar-refractivity contribution >= 4 is 111 Å². The predicted molar refractivity (Wildman–Crippen MR) is 162 cm³/mol. The van der Waals surface area contributed by atoms with Crippen LogP contribution in [-0.2, 0) is 17.1 Å². The van der Waals surface area contributed by atoms with Crippen LogP contribution in [-0.4, -0.2) is 34.7 Å². The van der Waals surface area contributed by atoms with Crippen LogP contribution in [0, 0.1) is 14.3 Å². The average molecular weight is 1030 g/mol. The summed E-state index contributed by atoms with van der Waals surface area (Å²) < 4.78 is 63.0. The molecule has 36 heavy (non-hydrogen) atoms. The average Bonchev–Trinajstić information content (AvgIpc) is 2.69. The Kier molecular flexibility index (Phi) is 12.6. The molecule has 2 atom stereocenters. The Morgan fingerprint density at radius 2 is 1.00 bits per heavy atom. The molecule has 203 valence electrons. The smallest absolute Gasteiger partial charge is 0.137 e. The molecule has 1 radical (unpaired) electrons. The van der Waals surface area contributed by atoms with E-state index in [1.165, 1.54) is 0 Å². The fourth-order valence-electron chi connectivity index (χ4n) is 3.16. The van der Waals surface area contributed by atoms with Crippen LogP contribution in [0.3, 0.4) is 0 Å². The number of nitrogens with zero attached hydrogens (tertiary/aromatic N) is 2. The minimum absolute atomic E-state index is 0. The van der Waals surface area contributed by atoms with E-state index in [0.717, 1.165) is 51.1 Å². The molecule has 0 spiro atoms. The van der Waals surface area contributed by atoms with Crippen LogP contribution in [0.25, 0.3) is 0 Å². The van der Waals surface area contributed by atoms with Crippen LogP contribution in [0.2, 0.25) is 0 Å². The zero-order valence-electron chi connectivity index (χ0n) is 17.8. The van der Waals surface area contributed by atoms with Gasteiger partial charge in [-0.1, -0.05) is 12.8 Å². The van der Waals surface area contributed by atoms with Crippen molar-refractivity contribution in [1.82, 2.24) is 0 Å². The maximum atomic E-state index is 10.3. The summed E-state index contributed by atoms with van der Waals surface area (Å²) in [5.41, 5.74) is 1.49. The maximum absolute atomic E-state index is 10.7. The molecular weight excluding hydrogens is 1010 g/mol. The fraction of sp³-hybridized carbons (Fsp3) is 0.300. The number of phenolic OH excluding ortho intramolecular Hbond substituents is 2. The van der Waals surface area contributed by atoms with Gasteiger partial charge in [-0.2, -0.15) is 0 Å². The summed E-state index contributed by atoms with van der Waals surface area (Å²) in [4.78, 5) is 9.55. The maximum Gasteiger partial charge on any atom is 0.137 e. The van der Waals surface area contributed by atoms with Crippen molar-refractivity contribution in [2.45, 2.75) is 37.8 Å². The van der Waals surface area contributed by atoms with Gasteiger partial charge in [-0.05, 0) is 127 Å². The standard InChI is InChI=1S/C20H18I4N2O2.F6P.Mn/c21-13-5-11(19(27)15(23)7-13)9-25-17-3-1-2-4-18(17)26-10-12-6-14(22)8-16(24)20(12)28;1-7(2,3,4,5)6;/h5-10,17-18,27-28H,1-4H2;;/q;-1;/t17-,18-;;/m0../s1. The topological polar surface area (TPSA) is 65.2 Å². The molecule has 0 heterocycles. The van der Waals surface area contributed by atoms with Gasteiger partial charge in [-0.15, -0.1) is 0 Å². The van der Waals surface area contributed by atoms with Gasteiger partial charge in [-0.3, -0.25) is 9.98 Å². The number of aromatic hydroxyl groups is 2. The molecule has 1 saturated carbocycles. The van der Waals surface area contributed by atoms with E-state index in [1.807, 2.05) is 24.3 Å². The number of benzene rings is 2. The van der Waals surface area contributed by atoms with Gasteiger partial charge in [0.25, 0.3) is 0 Å². The Bertz CT molecular complexity index is 1070. The third-order valence-corrected chi connectivity index (χ3v) is 7.51. The molecule has 0 unspecified atom stereocenters. The molecule has 3 rings (SSSR count). The van der Waals surface area contributed by atoms with E-state index >= 15 is 0 Å². The third-order valence-electron chi connectivity index (χ3n) is 4.62. The molecule has 2 N–H and O–H groups in total. The second kappa shape index (κ2) is 13.0. The van der Waals surface area contributed by atoms with E-state index in [1.54, 1.807) is 12.4 Å². The molecule has 1 aliphatic rings. The van der Waals surface area contributed by atoms with E-state index in [2.05, 4.69) is 90.4 Å². The summed E-state index contributed by atoms with van der Waals surface area (Å²) in [7, 11) is -10.7. The molecular formula is C20H18F6I4MnN2O2P-. The summed E-state index contributed by atoms with van der Waals surface area (Å²) in [5, 5.41) is 20.6. The monoisotopic (exact) mass is 1030 g/mol. The Balaban J connectivity index is 0.000000712. The van der Waals surface area contributed by atoms with Crippen molar-refractivity contribution in [3.05, 3.63) is 49.7 Å². The van der Waals surface area contributed by atoms with Crippen molar-refractivity contribution in [3.63, 3.8) is 0 Å². The van der Waals surface area contributed by atoms with E-state index < -0.39 is 7.81 Å². The van der Waals surface area contributed by atoms with E-state index in [9.17, 15) is 35.4 Å². The predicted octanol–water partition coefficient (Wildman–Crippen LogP) is 9.75. The van der Waals surface area contributed by atoms with Crippen molar-refractivity contribution in [1.29, 1.82) is 0 Å². The SMILES string of the molecule is F[P-](F)(F)(F)(F)F.Oc1c(I)cc(I)cc1C=N[C@H]1CCCC[C@@H]1N=Cc1cc(I)cc(I)c1O.[Mn]. The first kappa shape index (κ1) is 34.9. The zero-order valence-corrected chi connectivity index (χ0v) is 28.5. The summed E-state index contributed by atoms with van der Waals surface area (Å²) in [6, 6.07) is 7.93. The Hall–Kier alpha value is 0.829. The van der Waals surface area contributed by atoms with Crippen molar-refractivity contribution in [2.24, 2.45) is 9.98 Å². The second-order valence-electron chi connectivity index (χ2n) is 7.58. The van der Waals surface area contributed by atoms with Gasteiger partial charge in [0.2, 0.25) is 0 Å². The molecule has 0 amide bonds. The molecule has 2 aromatic carbocycles. The number of hydrogen-bond donors (Lipinski definition) is 2. The van der Waals surface area contributed by atoms with Crippen LogP contribution in [0.1, 0.15) is 36.8 Å². The van der Waals surface area contributed by atoms with Crippen molar-refractivity contribution < 1.29 is 52.5 Å². The van der Waals surface area contributed by atoms with Crippen LogP contribution in [0.15, 0.2) is 34.3 Å². The summed E-state index contributed by atoms with van der Waals surface area (Å²) in [5.74, 6) is 0.554. The summed E-state index contributed by atoms with van der Waals surface area (Å²) >= 11 is 8.77. The first-order valence-corrected chi connectivity index (χ1v) is 16.1. The van der Waals surface area contributed by atoms with Gasteiger partial charge in [0.15, 0.2) is 0 Å². The second-order valence-corrected chi connectivity index (χ2v) is 14.3. The quantitative estimate of drug-likeness (QED) is 0.105. The number of phenols is 2. The molecule has 16 heteroatoms. The minimum Gasteiger partial charge on any atom is -0.506 e. The third kappa shape index (κ3) is 13.8. The fourth-order valence-corrected chi connectivity index (χ4v) is 6.94. The largest absolute Gasteiger partial charge is 0.506 e. The van der Waals surface area contributed by atoms with E-state index in [0.29, 0.717) is 0 Å². The minimum atomic E-state index is -10.7. The van der Waals surface area contributed by atoms with Gasteiger partial charge < -0.3 is 10.2 Å². The molecule has 1 aliphatic carbocycles. The normalized spacial score (nSPS) is 20.3. The van der Waals surface area contributed by atoms with Gasteiger partial charge >= 0.3 is 33.0 Å². The van der Waals surface area contributed by atoms with Crippen molar-refractivity contribution in [3.8, 4) is 11.5 Å². The molecule has 4 nitrogen and oxygen atoms in total. The first-order chi connectivity index (χ1) is 15.8. The molecule has 2 aromatic rings. The van der Waals surface area contributed by atoms with Crippen molar-refractivity contribution in [2.75, 3.05) is 0 Å². The molecule has 0 saturated heterocycles. The number of hydrogen-bond acceptors (Lipinski definition) is 4. The number of aliphatic imine (C=N–C) groups is 2. The van der Waals surface area contributed by atoms with Crippen LogP contribution >= 0.6 is 98.2 Å². The first-order valence-electron chi connectivity index (χ1n) is 9.79. The Labute approximate surface area is 268 Å². The molecule has 0 bridgehead atoms. The van der Waals surface area contributed by atoms with Crippen LogP contribution in [0.5, 0.6) is 11.5 Å². The number of halogens is 10. The van der Waals surface area contributed by atoms with E-state index in [-0.39, 0.29) is 40.7 Å². The number of rotatable bonds is 4. The zero-order chi connectivity index (χ0) is 26.7. The van der Waals surface area contributed by atoms with Crippen LogP contribution in [0.4, 0.5) is 25.2 Å². The van der Waals surface area contributed by atoms with Gasteiger partial charge in [0.05, 0.1) is 19.2 Å². The van der Waals surface area contributed by atoms with Crippen LogP contribution < -0.4 is 0 Å². The summed E-state index contributed by atoms with van der Waals surface area (Å²) in [6.07, 6.45) is 7.80. The molecule has 1 fully saturated rings. The van der Waals surface area contributed by atoms with Gasteiger partial charge in [0, 0.05) is 47.8 Å². The van der Waals surface area contributed by atoms with Gasteiger partial charge in [0.1, 0.15) is 11.5 Å². The van der Waals surface area contributed by atoms with Gasteiger partial charge in [-0.25, -0.2) is 0 Å². The Morgan fingerprint density at radius 3 is 1.31 bits per heavy atom. The Morgan fingerprint density at radius 1 is 0.694 bits per heavy atom.